The number of carbonyl (C=O) groups is 2. The molecule has 0 radical (unpaired) electrons. The van der Waals surface area contributed by atoms with Crippen LogP contribution in [0.1, 0.15) is 26.3 Å². The van der Waals surface area contributed by atoms with Crippen LogP contribution < -0.4 is 4.74 Å². The molecule has 136 valence electrons. The van der Waals surface area contributed by atoms with Gasteiger partial charge in [-0.3, -0.25) is 9.78 Å². The average molecular weight is 365 g/mol. The number of ether oxygens (including phenoxy) is 1. The number of aromatic nitrogens is 1. The molecule has 7 nitrogen and oxygen atoms in total. The molecule has 27 heavy (non-hydrogen) atoms. The lowest BCUT2D eigenvalue weighted by atomic mass is 9.98. The molecule has 0 atom stereocenters. The second-order valence-corrected chi connectivity index (χ2v) is 5.65. The van der Waals surface area contributed by atoms with E-state index in [1.807, 2.05) is 0 Å². The van der Waals surface area contributed by atoms with Gasteiger partial charge in [0.25, 0.3) is 0 Å². The molecule has 3 aromatic rings. The summed E-state index contributed by atoms with van der Waals surface area (Å²) in [6.07, 6.45) is 4.04. The number of ketones is 1. The Labute approximate surface area is 153 Å². The number of nitrogens with zero attached hydrogens (tertiary/aromatic N) is 1. The molecule has 0 amide bonds. The maximum absolute atomic E-state index is 12.8. The Hall–Kier alpha value is -3.87. The van der Waals surface area contributed by atoms with Crippen molar-refractivity contribution in [3.05, 3.63) is 65.4 Å². The van der Waals surface area contributed by atoms with Crippen LogP contribution in [0.2, 0.25) is 0 Å². The highest BCUT2D eigenvalue weighted by Crippen LogP contribution is 2.31. The van der Waals surface area contributed by atoms with Gasteiger partial charge in [0.05, 0.1) is 23.8 Å². The van der Waals surface area contributed by atoms with E-state index in [0.29, 0.717) is 11.1 Å². The number of carboxylic acid groups (broad SMARTS) is 1. The molecule has 0 fully saturated rings. The molecule has 3 rings (SSSR count). The van der Waals surface area contributed by atoms with E-state index in [9.17, 15) is 24.9 Å². The van der Waals surface area contributed by atoms with Crippen molar-refractivity contribution in [2.75, 3.05) is 7.11 Å². The van der Waals surface area contributed by atoms with Gasteiger partial charge in [0.1, 0.15) is 5.75 Å². The summed E-state index contributed by atoms with van der Waals surface area (Å²) in [6, 6.07) is 8.56. The Kier molecular flexibility index (Phi) is 4.76. The number of aromatic carboxylic acids is 1. The molecule has 0 bridgehead atoms. The fourth-order valence-electron chi connectivity index (χ4n) is 2.72. The summed E-state index contributed by atoms with van der Waals surface area (Å²) >= 11 is 0. The largest absolute Gasteiger partial charge is 0.504 e. The summed E-state index contributed by atoms with van der Waals surface area (Å²) in [7, 11) is 1.39. The van der Waals surface area contributed by atoms with Crippen LogP contribution in [0, 0.1) is 0 Å². The smallest absolute Gasteiger partial charge is 0.336 e. The van der Waals surface area contributed by atoms with Crippen molar-refractivity contribution in [1.29, 1.82) is 0 Å². The summed E-state index contributed by atoms with van der Waals surface area (Å²) in [4.78, 5) is 28.6. The van der Waals surface area contributed by atoms with Crippen LogP contribution in [0.25, 0.3) is 17.0 Å². The highest BCUT2D eigenvalue weighted by Gasteiger charge is 2.20. The van der Waals surface area contributed by atoms with E-state index in [-0.39, 0.29) is 33.8 Å². The quantitative estimate of drug-likeness (QED) is 0.361. The van der Waals surface area contributed by atoms with Crippen molar-refractivity contribution in [2.24, 2.45) is 0 Å². The standard InChI is InChI=1S/C20H15NO6/c1-27-17-7-4-13-18(12(20(25)26)8-9-21-13)19(17)15(23)6-3-11-2-5-14(22)16(24)10-11/h2-10,22,24H,1H3,(H,25,26). The first-order chi connectivity index (χ1) is 12.9. The fraction of sp³-hybridized carbons (Fsp3) is 0.0500. The van der Waals surface area contributed by atoms with Crippen molar-refractivity contribution in [2.45, 2.75) is 0 Å². The van der Waals surface area contributed by atoms with Crippen LogP contribution in [0.15, 0.2) is 48.7 Å². The highest BCUT2D eigenvalue weighted by atomic mass is 16.5. The summed E-state index contributed by atoms with van der Waals surface area (Å²) in [5.41, 5.74) is 0.863. The molecular formula is C20H15NO6. The highest BCUT2D eigenvalue weighted by molar-refractivity contribution is 6.20. The second kappa shape index (κ2) is 7.17. The number of rotatable bonds is 5. The lowest BCUT2D eigenvalue weighted by Gasteiger charge is -2.11. The molecule has 7 heteroatoms. The minimum absolute atomic E-state index is 0.0575. The fourth-order valence-corrected chi connectivity index (χ4v) is 2.72. The van der Waals surface area contributed by atoms with Gasteiger partial charge >= 0.3 is 5.97 Å². The third-order valence-corrected chi connectivity index (χ3v) is 3.99. The summed E-state index contributed by atoms with van der Waals surface area (Å²) in [5.74, 6) is -2.03. The van der Waals surface area contributed by atoms with Crippen LogP contribution in [0.4, 0.5) is 0 Å². The van der Waals surface area contributed by atoms with E-state index in [0.717, 1.165) is 0 Å². The zero-order chi connectivity index (χ0) is 19.6. The molecule has 0 saturated carbocycles. The Bertz CT molecular complexity index is 1090. The third-order valence-electron chi connectivity index (χ3n) is 3.99. The number of benzene rings is 2. The molecule has 0 spiro atoms. The second-order valence-electron chi connectivity index (χ2n) is 5.65. The van der Waals surface area contributed by atoms with E-state index < -0.39 is 11.8 Å². The number of carboxylic acids is 1. The van der Waals surface area contributed by atoms with Gasteiger partial charge < -0.3 is 20.1 Å². The molecule has 1 heterocycles. The molecule has 3 N–H and O–H groups in total. The van der Waals surface area contributed by atoms with Gasteiger partial charge in [0.15, 0.2) is 17.3 Å². The maximum Gasteiger partial charge on any atom is 0.336 e. The first-order valence-electron chi connectivity index (χ1n) is 7.85. The van der Waals surface area contributed by atoms with E-state index in [1.165, 1.54) is 49.7 Å². The Morgan fingerprint density at radius 3 is 2.52 bits per heavy atom. The number of hydrogen-bond donors (Lipinski definition) is 3. The van der Waals surface area contributed by atoms with E-state index >= 15 is 0 Å². The van der Waals surface area contributed by atoms with Gasteiger partial charge in [0, 0.05) is 11.6 Å². The van der Waals surface area contributed by atoms with Crippen LogP contribution >= 0.6 is 0 Å². The van der Waals surface area contributed by atoms with Crippen molar-refractivity contribution in [3.63, 3.8) is 0 Å². The lowest BCUT2D eigenvalue weighted by Crippen LogP contribution is -2.06. The average Bonchev–Trinajstić information content (AvgIpc) is 2.67. The zero-order valence-electron chi connectivity index (χ0n) is 14.2. The first-order valence-corrected chi connectivity index (χ1v) is 7.85. The number of phenols is 2. The lowest BCUT2D eigenvalue weighted by molar-refractivity contribution is 0.0699. The molecule has 0 saturated heterocycles. The maximum atomic E-state index is 12.8. The van der Waals surface area contributed by atoms with Crippen molar-refractivity contribution >= 4 is 28.7 Å². The van der Waals surface area contributed by atoms with Gasteiger partial charge in [-0.1, -0.05) is 12.1 Å². The van der Waals surface area contributed by atoms with Crippen LogP contribution in [-0.2, 0) is 0 Å². The number of methoxy groups -OCH3 is 1. The molecule has 0 aliphatic rings. The van der Waals surface area contributed by atoms with Gasteiger partial charge in [-0.2, -0.15) is 0 Å². The van der Waals surface area contributed by atoms with Crippen LogP contribution in [-0.4, -0.2) is 39.2 Å². The van der Waals surface area contributed by atoms with Crippen molar-refractivity contribution in [3.8, 4) is 17.2 Å². The van der Waals surface area contributed by atoms with Gasteiger partial charge in [0.2, 0.25) is 0 Å². The predicted molar refractivity (Wildman–Crippen MR) is 98.4 cm³/mol. The molecule has 0 aliphatic heterocycles. The summed E-state index contributed by atoms with van der Waals surface area (Å²) < 4.78 is 5.25. The number of phenolic OH excluding ortho intramolecular Hbond substituents is 2. The van der Waals surface area contributed by atoms with Crippen molar-refractivity contribution < 1.29 is 29.6 Å². The first kappa shape index (κ1) is 17.9. The number of allylic oxidation sites excluding steroid dienone is 1. The number of pyridine rings is 1. The normalized spacial score (nSPS) is 11.0. The van der Waals surface area contributed by atoms with Crippen molar-refractivity contribution in [1.82, 2.24) is 4.98 Å². The SMILES string of the molecule is COc1ccc2nccc(C(=O)O)c2c1C(=O)C=Cc1ccc(O)c(O)c1. The van der Waals surface area contributed by atoms with E-state index in [2.05, 4.69) is 4.98 Å². The molecule has 0 aliphatic carbocycles. The van der Waals surface area contributed by atoms with Gasteiger partial charge in [-0.25, -0.2) is 4.79 Å². The zero-order valence-corrected chi connectivity index (χ0v) is 14.2. The monoisotopic (exact) mass is 365 g/mol. The third kappa shape index (κ3) is 3.43. The minimum atomic E-state index is -1.18. The van der Waals surface area contributed by atoms with Gasteiger partial charge in [-0.05, 0) is 42.0 Å². The molecular weight excluding hydrogens is 350 g/mol. The summed E-state index contributed by atoms with van der Waals surface area (Å²) in [5, 5.41) is 28.5. The summed E-state index contributed by atoms with van der Waals surface area (Å²) in [6.45, 7) is 0. The Balaban J connectivity index is 2.14. The van der Waals surface area contributed by atoms with Crippen LogP contribution in [0.3, 0.4) is 0 Å². The minimum Gasteiger partial charge on any atom is -0.504 e. The topological polar surface area (TPSA) is 117 Å². The predicted octanol–water partition coefficient (Wildman–Crippen LogP) is 3.25. The number of carbonyl (C=O) groups excluding carboxylic acids is 1. The van der Waals surface area contributed by atoms with E-state index in [4.69, 9.17) is 4.74 Å². The Morgan fingerprint density at radius 2 is 1.85 bits per heavy atom. The number of aromatic hydroxyl groups is 2. The van der Waals surface area contributed by atoms with E-state index in [1.54, 1.807) is 12.1 Å². The number of fused-ring (bicyclic) bond motifs is 1. The molecule has 0 unspecified atom stereocenters. The molecule has 2 aromatic carbocycles. The Morgan fingerprint density at radius 1 is 1.07 bits per heavy atom. The van der Waals surface area contributed by atoms with Gasteiger partial charge in [-0.15, -0.1) is 0 Å². The molecule has 1 aromatic heterocycles. The number of hydrogen-bond acceptors (Lipinski definition) is 6. The van der Waals surface area contributed by atoms with Crippen LogP contribution in [0.5, 0.6) is 17.2 Å².